The molecule has 0 radical (unpaired) electrons. The van der Waals surface area contributed by atoms with E-state index in [-0.39, 0.29) is 16.3 Å². The molecule has 0 aliphatic carbocycles. The Morgan fingerprint density at radius 1 is 1.06 bits per heavy atom. The number of anilines is 2. The zero-order valence-electron chi connectivity index (χ0n) is 18.8. The van der Waals surface area contributed by atoms with Crippen LogP contribution in [0.1, 0.15) is 44.5 Å². The highest BCUT2D eigenvalue weighted by Crippen LogP contribution is 2.37. The van der Waals surface area contributed by atoms with E-state index in [1.54, 1.807) is 24.3 Å². The number of hydrogen-bond donors (Lipinski definition) is 1. The molecule has 2 fully saturated rings. The minimum atomic E-state index is -3.38. The van der Waals surface area contributed by atoms with E-state index in [2.05, 4.69) is 5.32 Å². The van der Waals surface area contributed by atoms with Crippen LogP contribution in [0.5, 0.6) is 0 Å². The highest BCUT2D eigenvalue weighted by molar-refractivity contribution is 7.93. The Labute approximate surface area is 204 Å². The van der Waals surface area contributed by atoms with Crippen molar-refractivity contribution in [2.24, 2.45) is 0 Å². The van der Waals surface area contributed by atoms with E-state index in [0.29, 0.717) is 34.8 Å². The summed E-state index contributed by atoms with van der Waals surface area (Å²) in [5, 5.41) is 3.41. The average molecular weight is 511 g/mol. The van der Waals surface area contributed by atoms with Crippen molar-refractivity contribution < 1.29 is 22.5 Å². The van der Waals surface area contributed by atoms with E-state index in [1.807, 2.05) is 27.7 Å². The Kier molecular flexibility index (Phi) is 6.25. The lowest BCUT2D eigenvalue weighted by atomic mass is 9.79. The number of benzene rings is 2. The van der Waals surface area contributed by atoms with Crippen molar-refractivity contribution >= 4 is 63.1 Å². The van der Waals surface area contributed by atoms with E-state index in [0.717, 1.165) is 0 Å². The molecule has 2 aromatic carbocycles. The quantitative estimate of drug-likeness (QED) is 0.626. The van der Waals surface area contributed by atoms with Gasteiger partial charge in [-0.05, 0) is 76.0 Å². The van der Waals surface area contributed by atoms with Crippen LogP contribution in [0.15, 0.2) is 36.4 Å². The number of nitrogens with zero attached hydrogens (tertiary/aromatic N) is 1. The van der Waals surface area contributed by atoms with Gasteiger partial charge in [-0.25, -0.2) is 8.42 Å². The fourth-order valence-electron chi connectivity index (χ4n) is 3.77. The van der Waals surface area contributed by atoms with E-state index in [1.165, 1.54) is 16.4 Å². The lowest BCUT2D eigenvalue weighted by Crippen LogP contribution is -2.41. The third-order valence-corrected chi connectivity index (χ3v) is 8.70. The summed E-state index contributed by atoms with van der Waals surface area (Å²) in [5.41, 5.74) is 0.631. The summed E-state index contributed by atoms with van der Waals surface area (Å²) in [6.45, 7) is 8.19. The molecule has 0 atom stereocenters. The lowest BCUT2D eigenvalue weighted by Gasteiger charge is -2.32. The lowest BCUT2D eigenvalue weighted by molar-refractivity contribution is 0.00578. The van der Waals surface area contributed by atoms with Gasteiger partial charge in [0.2, 0.25) is 10.0 Å². The molecule has 2 saturated heterocycles. The van der Waals surface area contributed by atoms with Gasteiger partial charge in [0.25, 0.3) is 5.91 Å². The predicted molar refractivity (Wildman–Crippen MR) is 132 cm³/mol. The van der Waals surface area contributed by atoms with Crippen LogP contribution in [0.2, 0.25) is 10.0 Å². The van der Waals surface area contributed by atoms with Crippen molar-refractivity contribution in [3.05, 3.63) is 52.0 Å². The molecule has 2 aliphatic heterocycles. The summed E-state index contributed by atoms with van der Waals surface area (Å²) in [6.07, 6.45) is 0.538. The minimum Gasteiger partial charge on any atom is -0.399 e. The molecule has 0 bridgehead atoms. The molecule has 1 amide bonds. The Morgan fingerprint density at radius 2 is 1.73 bits per heavy atom. The van der Waals surface area contributed by atoms with Crippen LogP contribution >= 0.6 is 23.2 Å². The SMILES string of the molecule is CC1(C)OB(c2cc(Cl)cc(NC(=O)c3cc(N4CCCS4(=O)=O)ccc3Cl)c2)OC1(C)C. The largest absolute Gasteiger partial charge is 0.494 e. The third kappa shape index (κ3) is 4.75. The molecule has 33 heavy (non-hydrogen) atoms. The topological polar surface area (TPSA) is 84.9 Å². The van der Waals surface area contributed by atoms with E-state index < -0.39 is 34.3 Å². The van der Waals surface area contributed by atoms with Crippen LogP contribution in [0.4, 0.5) is 11.4 Å². The van der Waals surface area contributed by atoms with Gasteiger partial charge >= 0.3 is 7.12 Å². The van der Waals surface area contributed by atoms with Gasteiger partial charge in [-0.2, -0.15) is 0 Å². The molecule has 1 N–H and O–H groups in total. The van der Waals surface area contributed by atoms with Crippen LogP contribution in [0.3, 0.4) is 0 Å². The van der Waals surface area contributed by atoms with Gasteiger partial charge in [-0.3, -0.25) is 9.10 Å². The van der Waals surface area contributed by atoms with Gasteiger partial charge in [0, 0.05) is 17.3 Å². The number of sulfonamides is 1. The van der Waals surface area contributed by atoms with Crippen LogP contribution in [0.25, 0.3) is 0 Å². The molecule has 11 heteroatoms. The van der Waals surface area contributed by atoms with Gasteiger partial charge in [0.1, 0.15) is 0 Å². The third-order valence-electron chi connectivity index (χ3n) is 6.29. The van der Waals surface area contributed by atoms with Crippen LogP contribution in [-0.4, -0.2) is 44.9 Å². The van der Waals surface area contributed by atoms with Gasteiger partial charge in [0.15, 0.2) is 0 Å². The minimum absolute atomic E-state index is 0.0847. The summed E-state index contributed by atoms with van der Waals surface area (Å²) in [4.78, 5) is 13.0. The second-order valence-electron chi connectivity index (χ2n) is 9.22. The van der Waals surface area contributed by atoms with Gasteiger partial charge < -0.3 is 14.6 Å². The smallest absolute Gasteiger partial charge is 0.399 e. The van der Waals surface area contributed by atoms with Crippen molar-refractivity contribution in [2.75, 3.05) is 21.9 Å². The van der Waals surface area contributed by atoms with Crippen molar-refractivity contribution in [1.82, 2.24) is 0 Å². The Balaban J connectivity index is 1.59. The van der Waals surface area contributed by atoms with Crippen molar-refractivity contribution in [3.63, 3.8) is 0 Å². The van der Waals surface area contributed by atoms with Crippen molar-refractivity contribution in [3.8, 4) is 0 Å². The molecule has 2 heterocycles. The van der Waals surface area contributed by atoms with E-state index >= 15 is 0 Å². The maximum atomic E-state index is 13.0. The van der Waals surface area contributed by atoms with Gasteiger partial charge in [0.05, 0.1) is 33.2 Å². The monoisotopic (exact) mass is 510 g/mol. The zero-order chi connectivity index (χ0) is 24.2. The highest BCUT2D eigenvalue weighted by atomic mass is 35.5. The number of hydrogen-bond acceptors (Lipinski definition) is 5. The first-order valence-corrected chi connectivity index (χ1v) is 12.9. The van der Waals surface area contributed by atoms with Crippen molar-refractivity contribution in [2.45, 2.75) is 45.3 Å². The molecule has 0 saturated carbocycles. The van der Waals surface area contributed by atoms with E-state index in [4.69, 9.17) is 32.5 Å². The standard InChI is InChI=1S/C22H25BCl2N2O5S/c1-21(2)22(3,4)32-23(31-21)14-10-15(24)12-16(11-14)26-20(28)18-13-17(6-7-19(18)25)27-8-5-9-33(27,29)30/h6-7,10-13H,5,8-9H2,1-4H3,(H,26,28). The average Bonchev–Trinajstić information content (AvgIpc) is 3.16. The molecule has 0 spiro atoms. The number of carbonyl (C=O) groups excluding carboxylic acids is 1. The Morgan fingerprint density at radius 3 is 2.33 bits per heavy atom. The second-order valence-corrected chi connectivity index (χ2v) is 12.1. The Bertz CT molecular complexity index is 1200. The number of nitrogens with one attached hydrogen (secondary N) is 1. The molecule has 0 aromatic heterocycles. The Hall–Kier alpha value is -1.78. The summed E-state index contributed by atoms with van der Waals surface area (Å²) in [6, 6.07) is 9.67. The summed E-state index contributed by atoms with van der Waals surface area (Å²) < 4.78 is 38.0. The van der Waals surface area contributed by atoms with E-state index in [9.17, 15) is 13.2 Å². The van der Waals surface area contributed by atoms with Crippen LogP contribution in [-0.2, 0) is 19.3 Å². The molecule has 2 aromatic rings. The normalized spacial score (nSPS) is 20.8. The maximum Gasteiger partial charge on any atom is 0.494 e. The molecular formula is C22H25BCl2N2O5S. The predicted octanol–water partition coefficient (Wildman–Crippen LogP) is 4.08. The van der Waals surface area contributed by atoms with Crippen molar-refractivity contribution in [1.29, 1.82) is 0 Å². The zero-order valence-corrected chi connectivity index (χ0v) is 21.1. The molecular weight excluding hydrogens is 486 g/mol. The molecule has 2 aliphatic rings. The highest BCUT2D eigenvalue weighted by Gasteiger charge is 2.51. The van der Waals surface area contributed by atoms with Gasteiger partial charge in [-0.1, -0.05) is 23.2 Å². The van der Waals surface area contributed by atoms with Crippen LogP contribution in [0, 0.1) is 0 Å². The summed E-state index contributed by atoms with van der Waals surface area (Å²) in [7, 11) is -4.02. The second kappa shape index (κ2) is 8.46. The fraction of sp³-hybridized carbons (Fsp3) is 0.409. The number of rotatable bonds is 4. The number of amides is 1. The fourth-order valence-corrected chi connectivity index (χ4v) is 5.77. The molecule has 176 valence electrons. The number of halogens is 2. The summed E-state index contributed by atoms with van der Waals surface area (Å²) >= 11 is 12.6. The molecule has 7 nitrogen and oxygen atoms in total. The van der Waals surface area contributed by atoms with Crippen LogP contribution < -0.4 is 15.1 Å². The first kappa shape index (κ1) is 24.4. The first-order chi connectivity index (χ1) is 15.3. The first-order valence-electron chi connectivity index (χ1n) is 10.6. The molecule has 0 unspecified atom stereocenters. The van der Waals surface area contributed by atoms with Gasteiger partial charge in [-0.15, -0.1) is 0 Å². The molecule has 4 rings (SSSR count). The summed E-state index contributed by atoms with van der Waals surface area (Å²) in [5.74, 6) is -0.401. The number of carbonyl (C=O) groups is 1. The maximum absolute atomic E-state index is 13.0.